The quantitative estimate of drug-likeness (QED) is 0.695. The van der Waals surface area contributed by atoms with Gasteiger partial charge in [-0.25, -0.2) is 4.98 Å². The fraction of sp³-hybridized carbons (Fsp3) is 0. The lowest BCUT2D eigenvalue weighted by Gasteiger charge is -2.09. The van der Waals surface area contributed by atoms with Gasteiger partial charge in [0.1, 0.15) is 5.76 Å². The van der Waals surface area contributed by atoms with Crippen molar-refractivity contribution in [3.05, 3.63) is 71.6 Å². The highest BCUT2D eigenvalue weighted by Crippen LogP contribution is 2.18. The molecule has 0 spiro atoms. The van der Waals surface area contributed by atoms with Crippen LogP contribution < -0.4 is 10.6 Å². The van der Waals surface area contributed by atoms with Gasteiger partial charge in [0.2, 0.25) is 5.91 Å². The van der Waals surface area contributed by atoms with Gasteiger partial charge >= 0.3 is 0 Å². The minimum absolute atomic E-state index is 0.337. The Labute approximate surface area is 141 Å². The van der Waals surface area contributed by atoms with Crippen LogP contribution >= 0.6 is 11.3 Å². The Balaban J connectivity index is 1.71. The summed E-state index contributed by atoms with van der Waals surface area (Å²) in [5, 5.41) is 7.64. The van der Waals surface area contributed by atoms with E-state index in [0.717, 1.165) is 0 Å². The van der Waals surface area contributed by atoms with Gasteiger partial charge in [-0.1, -0.05) is 12.1 Å². The Kier molecular flexibility index (Phi) is 4.83. The average Bonchev–Trinajstić information content (AvgIpc) is 3.27. The fourth-order valence-electron chi connectivity index (χ4n) is 1.96. The number of furan rings is 1. The molecule has 0 atom stereocenters. The Bertz CT molecular complexity index is 855. The summed E-state index contributed by atoms with van der Waals surface area (Å²) in [4.78, 5) is 28.4. The van der Waals surface area contributed by atoms with Crippen molar-refractivity contribution in [2.45, 2.75) is 0 Å². The number of carbonyl (C=O) groups is 2. The molecule has 0 aliphatic carbocycles. The van der Waals surface area contributed by atoms with Crippen molar-refractivity contribution in [1.29, 1.82) is 0 Å². The maximum absolute atomic E-state index is 12.3. The molecule has 120 valence electrons. The van der Waals surface area contributed by atoms with Crippen molar-refractivity contribution < 1.29 is 14.0 Å². The zero-order chi connectivity index (χ0) is 16.8. The number of anilines is 2. The van der Waals surface area contributed by atoms with Crippen LogP contribution in [0.4, 0.5) is 10.8 Å². The molecule has 24 heavy (non-hydrogen) atoms. The smallest absolute Gasteiger partial charge is 0.259 e. The van der Waals surface area contributed by atoms with E-state index in [1.165, 1.54) is 23.7 Å². The van der Waals surface area contributed by atoms with E-state index in [1.54, 1.807) is 54.1 Å². The normalized spacial score (nSPS) is 10.7. The van der Waals surface area contributed by atoms with E-state index in [-0.39, 0.29) is 11.8 Å². The molecule has 2 aromatic heterocycles. The molecule has 3 aromatic rings. The second-order valence-corrected chi connectivity index (χ2v) is 5.57. The van der Waals surface area contributed by atoms with Crippen LogP contribution in [0.1, 0.15) is 16.1 Å². The molecule has 2 heterocycles. The van der Waals surface area contributed by atoms with Gasteiger partial charge in [0, 0.05) is 17.7 Å². The number of nitrogens with zero attached hydrogens (tertiary/aromatic N) is 1. The van der Waals surface area contributed by atoms with E-state index >= 15 is 0 Å². The molecule has 0 aliphatic rings. The molecule has 0 unspecified atom stereocenters. The Morgan fingerprint density at radius 1 is 1.12 bits per heavy atom. The van der Waals surface area contributed by atoms with Crippen molar-refractivity contribution in [3.8, 4) is 0 Å². The van der Waals surface area contributed by atoms with Crippen LogP contribution in [-0.4, -0.2) is 16.8 Å². The first-order chi connectivity index (χ1) is 11.7. The van der Waals surface area contributed by atoms with Gasteiger partial charge in [-0.15, -0.1) is 11.3 Å². The van der Waals surface area contributed by atoms with Gasteiger partial charge in [0.05, 0.1) is 17.5 Å². The van der Waals surface area contributed by atoms with Crippen LogP contribution in [0.2, 0.25) is 0 Å². The van der Waals surface area contributed by atoms with E-state index < -0.39 is 0 Å². The van der Waals surface area contributed by atoms with Gasteiger partial charge < -0.3 is 9.73 Å². The van der Waals surface area contributed by atoms with Gasteiger partial charge in [-0.3, -0.25) is 14.9 Å². The van der Waals surface area contributed by atoms with Crippen molar-refractivity contribution in [1.82, 2.24) is 4.98 Å². The molecular formula is C17H13N3O3S. The second-order valence-electron chi connectivity index (χ2n) is 4.67. The molecule has 0 aliphatic heterocycles. The lowest BCUT2D eigenvalue weighted by Crippen LogP contribution is -2.16. The van der Waals surface area contributed by atoms with Gasteiger partial charge in [-0.05, 0) is 30.3 Å². The van der Waals surface area contributed by atoms with E-state index in [0.29, 0.717) is 22.1 Å². The van der Waals surface area contributed by atoms with E-state index in [4.69, 9.17) is 4.42 Å². The third-order valence-electron chi connectivity index (χ3n) is 3.02. The fourth-order valence-corrected chi connectivity index (χ4v) is 2.48. The number of benzene rings is 1. The van der Waals surface area contributed by atoms with E-state index in [1.807, 2.05) is 0 Å². The number of thiazole rings is 1. The Hall–Kier alpha value is -3.19. The molecule has 3 rings (SSSR count). The number of hydrogen-bond acceptors (Lipinski definition) is 5. The first-order valence-corrected chi connectivity index (χ1v) is 7.93. The van der Waals surface area contributed by atoms with Gasteiger partial charge in [-0.2, -0.15) is 0 Å². The molecule has 0 saturated carbocycles. The molecular weight excluding hydrogens is 326 g/mol. The van der Waals surface area contributed by atoms with Crippen LogP contribution in [0.25, 0.3) is 6.08 Å². The summed E-state index contributed by atoms with van der Waals surface area (Å²) < 4.78 is 5.12. The van der Waals surface area contributed by atoms with Crippen molar-refractivity contribution in [3.63, 3.8) is 0 Å². The van der Waals surface area contributed by atoms with Crippen LogP contribution in [0.5, 0.6) is 0 Å². The summed E-state index contributed by atoms with van der Waals surface area (Å²) in [5.74, 6) is -0.128. The third-order valence-corrected chi connectivity index (χ3v) is 3.71. The lowest BCUT2D eigenvalue weighted by atomic mass is 10.1. The number of hydrogen-bond donors (Lipinski definition) is 2. The zero-order valence-corrected chi connectivity index (χ0v) is 13.2. The third kappa shape index (κ3) is 3.96. The lowest BCUT2D eigenvalue weighted by molar-refractivity contribution is -0.111. The first kappa shape index (κ1) is 15.7. The summed E-state index contributed by atoms with van der Waals surface area (Å²) in [6, 6.07) is 10.2. The molecule has 0 radical (unpaired) electrons. The summed E-state index contributed by atoms with van der Waals surface area (Å²) in [6.45, 7) is 0. The number of para-hydroxylation sites is 1. The van der Waals surface area contributed by atoms with Gasteiger partial charge in [0.25, 0.3) is 5.91 Å². The summed E-state index contributed by atoms with van der Waals surface area (Å²) in [7, 11) is 0. The number of carbonyl (C=O) groups excluding carboxylic acids is 2. The zero-order valence-electron chi connectivity index (χ0n) is 12.4. The predicted molar refractivity (Wildman–Crippen MR) is 92.9 cm³/mol. The summed E-state index contributed by atoms with van der Waals surface area (Å²) in [6.07, 6.45) is 6.02. The molecule has 2 amide bonds. The maximum Gasteiger partial charge on any atom is 0.259 e. The van der Waals surface area contributed by atoms with Crippen LogP contribution in [-0.2, 0) is 4.79 Å². The van der Waals surface area contributed by atoms with E-state index in [2.05, 4.69) is 15.6 Å². The topological polar surface area (TPSA) is 84.2 Å². The Morgan fingerprint density at radius 2 is 2.00 bits per heavy atom. The summed E-state index contributed by atoms with van der Waals surface area (Å²) in [5.41, 5.74) is 0.771. The molecule has 0 saturated heterocycles. The van der Waals surface area contributed by atoms with Crippen LogP contribution in [0.3, 0.4) is 0 Å². The molecule has 2 N–H and O–H groups in total. The summed E-state index contributed by atoms with van der Waals surface area (Å²) >= 11 is 1.32. The van der Waals surface area contributed by atoms with Crippen molar-refractivity contribution in [2.75, 3.05) is 10.6 Å². The molecule has 6 nitrogen and oxygen atoms in total. The number of amides is 2. The van der Waals surface area contributed by atoms with Crippen LogP contribution in [0, 0.1) is 0 Å². The highest BCUT2D eigenvalue weighted by atomic mass is 32.1. The van der Waals surface area contributed by atoms with Crippen LogP contribution in [0.15, 0.2) is 64.7 Å². The minimum Gasteiger partial charge on any atom is -0.465 e. The standard InChI is InChI=1S/C17H13N3O3S/c21-15(8-7-12-4-3-10-23-12)19-14-6-2-1-5-13(14)16(22)20-17-18-9-11-24-17/h1-11H,(H,19,21)(H,18,20,22)/b8-7+. The second kappa shape index (κ2) is 7.38. The highest BCUT2D eigenvalue weighted by Gasteiger charge is 2.13. The molecule has 0 bridgehead atoms. The SMILES string of the molecule is O=C(/C=C/c1ccco1)Nc1ccccc1C(=O)Nc1nccs1. The largest absolute Gasteiger partial charge is 0.465 e. The van der Waals surface area contributed by atoms with Crippen molar-refractivity contribution >= 4 is 40.0 Å². The van der Waals surface area contributed by atoms with Gasteiger partial charge in [0.15, 0.2) is 5.13 Å². The molecule has 7 heteroatoms. The monoisotopic (exact) mass is 339 g/mol. The Morgan fingerprint density at radius 3 is 2.75 bits per heavy atom. The van der Waals surface area contributed by atoms with Crippen molar-refractivity contribution in [2.24, 2.45) is 0 Å². The maximum atomic E-state index is 12.3. The molecule has 0 fully saturated rings. The van der Waals surface area contributed by atoms with E-state index in [9.17, 15) is 9.59 Å². The minimum atomic E-state index is -0.360. The number of rotatable bonds is 5. The highest BCUT2D eigenvalue weighted by molar-refractivity contribution is 7.13. The first-order valence-electron chi connectivity index (χ1n) is 7.05. The predicted octanol–water partition coefficient (Wildman–Crippen LogP) is 3.64. The number of aromatic nitrogens is 1. The molecule has 1 aromatic carbocycles. The average molecular weight is 339 g/mol. The number of nitrogens with one attached hydrogen (secondary N) is 2.